The van der Waals surface area contributed by atoms with Crippen LogP contribution in [0.5, 0.6) is 11.5 Å². The minimum absolute atomic E-state index is 0.000710. The average molecular weight is 366 g/mol. The average Bonchev–Trinajstić information content (AvgIpc) is 2.68. The fraction of sp³-hybridized carbons (Fsp3) is 0.250. The second-order valence-corrected chi connectivity index (χ2v) is 6.15. The molecular formula is C20H22N4O3. The second kappa shape index (κ2) is 7.90. The summed E-state index contributed by atoms with van der Waals surface area (Å²) in [7, 11) is 3.27. The minimum atomic E-state index is -0.683. The molecular weight excluding hydrogens is 344 g/mol. The number of anilines is 1. The van der Waals surface area contributed by atoms with Gasteiger partial charge in [0.15, 0.2) is 17.2 Å². The van der Waals surface area contributed by atoms with Gasteiger partial charge in [-0.2, -0.15) is 0 Å². The van der Waals surface area contributed by atoms with Gasteiger partial charge in [-0.15, -0.1) is 10.2 Å². The molecule has 0 aliphatic carbocycles. The molecule has 7 heteroatoms. The molecule has 0 unspecified atom stereocenters. The van der Waals surface area contributed by atoms with Crippen LogP contribution in [0.1, 0.15) is 28.0 Å². The molecule has 7 nitrogen and oxygen atoms in total. The summed E-state index contributed by atoms with van der Waals surface area (Å²) in [5, 5.41) is 8.76. The molecule has 140 valence electrons. The third-order valence-corrected chi connectivity index (χ3v) is 4.52. The van der Waals surface area contributed by atoms with Gasteiger partial charge in [0.2, 0.25) is 0 Å². The van der Waals surface area contributed by atoms with Crippen LogP contribution in [-0.2, 0) is 12.8 Å². The summed E-state index contributed by atoms with van der Waals surface area (Å²) in [6, 6.07) is 11.6. The largest absolute Gasteiger partial charge is 0.493 e. The number of amides is 1. The van der Waals surface area contributed by atoms with E-state index in [1.165, 1.54) is 0 Å². The number of rotatable bonds is 7. The Labute approximate surface area is 157 Å². The van der Waals surface area contributed by atoms with Crippen molar-refractivity contribution in [3.05, 3.63) is 53.2 Å². The van der Waals surface area contributed by atoms with Gasteiger partial charge in [0.1, 0.15) is 0 Å². The minimum Gasteiger partial charge on any atom is -0.493 e. The van der Waals surface area contributed by atoms with Crippen LogP contribution >= 0.6 is 0 Å². The molecule has 0 saturated heterocycles. The predicted molar refractivity (Wildman–Crippen MR) is 104 cm³/mol. The maximum atomic E-state index is 11.4. The zero-order chi connectivity index (χ0) is 19.4. The first kappa shape index (κ1) is 18.4. The Hall–Kier alpha value is -3.35. The number of ether oxygens (including phenoxy) is 2. The highest BCUT2D eigenvalue weighted by atomic mass is 16.5. The topological polar surface area (TPSA) is 113 Å². The number of carbonyl (C=O) groups excluding carboxylic acids is 1. The van der Waals surface area contributed by atoms with Gasteiger partial charge in [0.05, 0.1) is 25.4 Å². The highest BCUT2D eigenvalue weighted by Crippen LogP contribution is 2.32. The van der Waals surface area contributed by atoms with Crippen molar-refractivity contribution in [3.63, 3.8) is 0 Å². The maximum Gasteiger partial charge on any atom is 0.271 e. The van der Waals surface area contributed by atoms with Crippen molar-refractivity contribution >= 4 is 22.5 Å². The van der Waals surface area contributed by atoms with Gasteiger partial charge in [0, 0.05) is 5.39 Å². The van der Waals surface area contributed by atoms with Crippen molar-refractivity contribution in [2.24, 2.45) is 5.73 Å². The van der Waals surface area contributed by atoms with Crippen molar-refractivity contribution in [1.29, 1.82) is 0 Å². The smallest absolute Gasteiger partial charge is 0.271 e. The quantitative estimate of drug-likeness (QED) is 0.664. The monoisotopic (exact) mass is 366 g/mol. The van der Waals surface area contributed by atoms with Crippen LogP contribution in [0.15, 0.2) is 36.4 Å². The van der Waals surface area contributed by atoms with Gasteiger partial charge in [-0.3, -0.25) is 4.79 Å². The van der Waals surface area contributed by atoms with E-state index in [2.05, 4.69) is 10.2 Å². The van der Waals surface area contributed by atoms with Crippen molar-refractivity contribution < 1.29 is 14.3 Å². The van der Waals surface area contributed by atoms with Gasteiger partial charge >= 0.3 is 0 Å². The van der Waals surface area contributed by atoms with Crippen LogP contribution in [0.4, 0.5) is 5.69 Å². The van der Waals surface area contributed by atoms with Crippen LogP contribution in [0, 0.1) is 0 Å². The lowest BCUT2D eigenvalue weighted by Gasteiger charge is -2.13. The third kappa shape index (κ3) is 3.62. The van der Waals surface area contributed by atoms with Crippen LogP contribution < -0.4 is 20.9 Å². The lowest BCUT2D eigenvalue weighted by Crippen LogP contribution is -2.17. The molecule has 0 radical (unpaired) electrons. The van der Waals surface area contributed by atoms with Gasteiger partial charge < -0.3 is 20.9 Å². The number of carbonyl (C=O) groups is 1. The summed E-state index contributed by atoms with van der Waals surface area (Å²) in [6.07, 6.45) is 2.47. The summed E-state index contributed by atoms with van der Waals surface area (Å²) in [5.41, 5.74) is 14.4. The molecule has 0 aliphatic rings. The number of nitrogens with zero attached hydrogens (tertiary/aromatic N) is 2. The lowest BCUT2D eigenvalue weighted by atomic mass is 10.0. The number of hydrogen-bond acceptors (Lipinski definition) is 6. The zero-order valence-electron chi connectivity index (χ0n) is 15.4. The molecule has 1 aromatic heterocycles. The molecule has 27 heavy (non-hydrogen) atoms. The van der Waals surface area contributed by atoms with E-state index < -0.39 is 5.91 Å². The van der Waals surface area contributed by atoms with Crippen LogP contribution in [0.3, 0.4) is 0 Å². The molecule has 3 aromatic rings. The zero-order valence-corrected chi connectivity index (χ0v) is 15.4. The van der Waals surface area contributed by atoms with Crippen molar-refractivity contribution in [2.75, 3.05) is 20.0 Å². The Kier molecular flexibility index (Phi) is 5.40. The second-order valence-electron chi connectivity index (χ2n) is 6.15. The number of methoxy groups -OCH3 is 2. The fourth-order valence-corrected chi connectivity index (χ4v) is 3.21. The van der Waals surface area contributed by atoms with Crippen LogP contribution in [0.25, 0.3) is 10.9 Å². The standard InChI is InChI=1S/C20H22N4O3/c1-26-15-11-5-9-13(19(15)27-2)8-3-6-12-7-4-10-14-16(21)18(20(22)25)24-23-17(12)14/h4-5,7,9-11H,3,6,8H2,1-2H3,(H2,21,23)(H2,22,25). The van der Waals surface area contributed by atoms with Crippen molar-refractivity contribution in [2.45, 2.75) is 19.3 Å². The molecule has 0 atom stereocenters. The van der Waals surface area contributed by atoms with Gasteiger partial charge in [-0.25, -0.2) is 0 Å². The maximum absolute atomic E-state index is 11.4. The normalized spacial score (nSPS) is 10.7. The molecule has 0 saturated carbocycles. The summed E-state index contributed by atoms with van der Waals surface area (Å²) < 4.78 is 10.8. The van der Waals surface area contributed by atoms with E-state index in [0.717, 1.165) is 41.9 Å². The Morgan fingerprint density at radius 3 is 2.41 bits per heavy atom. The number of aromatic nitrogens is 2. The summed E-state index contributed by atoms with van der Waals surface area (Å²) >= 11 is 0. The highest BCUT2D eigenvalue weighted by Gasteiger charge is 2.15. The molecule has 1 amide bonds. The first-order chi connectivity index (χ1) is 13.1. The van der Waals surface area contributed by atoms with E-state index in [-0.39, 0.29) is 11.4 Å². The first-order valence-electron chi connectivity index (χ1n) is 8.60. The Morgan fingerprint density at radius 1 is 1.00 bits per heavy atom. The van der Waals surface area contributed by atoms with E-state index in [4.69, 9.17) is 20.9 Å². The number of benzene rings is 2. The molecule has 1 heterocycles. The number of primary amides is 1. The Balaban J connectivity index is 1.82. The van der Waals surface area contributed by atoms with E-state index >= 15 is 0 Å². The van der Waals surface area contributed by atoms with E-state index in [0.29, 0.717) is 10.9 Å². The number of fused-ring (bicyclic) bond motifs is 1. The van der Waals surface area contributed by atoms with Gasteiger partial charge in [-0.1, -0.05) is 30.3 Å². The number of nitrogen functional groups attached to an aromatic ring is 1. The Bertz CT molecular complexity index is 988. The highest BCUT2D eigenvalue weighted by molar-refractivity contribution is 6.04. The molecule has 0 spiro atoms. The number of nitrogens with two attached hydrogens (primary N) is 2. The predicted octanol–water partition coefficient (Wildman–Crippen LogP) is 2.50. The molecule has 0 aliphatic heterocycles. The van der Waals surface area contributed by atoms with Crippen molar-refractivity contribution in [3.8, 4) is 11.5 Å². The van der Waals surface area contributed by atoms with Crippen LogP contribution in [-0.4, -0.2) is 30.3 Å². The Morgan fingerprint density at radius 2 is 1.70 bits per heavy atom. The molecule has 3 rings (SSSR count). The van der Waals surface area contributed by atoms with E-state index in [9.17, 15) is 4.79 Å². The summed E-state index contributed by atoms with van der Waals surface area (Å²) in [4.78, 5) is 11.4. The third-order valence-electron chi connectivity index (χ3n) is 4.52. The van der Waals surface area contributed by atoms with E-state index in [1.807, 2.05) is 36.4 Å². The van der Waals surface area contributed by atoms with Crippen LogP contribution in [0.2, 0.25) is 0 Å². The molecule has 0 fully saturated rings. The SMILES string of the molecule is COc1cccc(CCCc2cccc3c(N)c(C(N)=O)nnc23)c1OC. The van der Waals surface area contributed by atoms with E-state index in [1.54, 1.807) is 14.2 Å². The fourth-order valence-electron chi connectivity index (χ4n) is 3.21. The number of aryl methyl sites for hydroxylation is 2. The van der Waals surface area contributed by atoms with Crippen molar-refractivity contribution in [1.82, 2.24) is 10.2 Å². The first-order valence-corrected chi connectivity index (χ1v) is 8.60. The van der Waals surface area contributed by atoms with Gasteiger partial charge in [-0.05, 0) is 36.5 Å². The molecule has 4 N–H and O–H groups in total. The summed E-state index contributed by atoms with van der Waals surface area (Å²) in [5.74, 6) is 0.795. The lowest BCUT2D eigenvalue weighted by molar-refractivity contribution is 0.0996. The van der Waals surface area contributed by atoms with Gasteiger partial charge in [0.25, 0.3) is 5.91 Å². The molecule has 2 aromatic carbocycles. The molecule has 0 bridgehead atoms. The number of para-hydroxylation sites is 1. The summed E-state index contributed by atoms with van der Waals surface area (Å²) in [6.45, 7) is 0. The number of hydrogen-bond donors (Lipinski definition) is 2.